The van der Waals surface area contributed by atoms with Crippen LogP contribution >= 0.6 is 0 Å². The Balaban J connectivity index is 2.32. The van der Waals surface area contributed by atoms with Gasteiger partial charge in [-0.05, 0) is 24.1 Å². The largest absolute Gasteiger partial charge is 0.465 e. The quantitative estimate of drug-likeness (QED) is 0.733. The van der Waals surface area contributed by atoms with Crippen molar-refractivity contribution in [1.82, 2.24) is 4.57 Å². The monoisotopic (exact) mass is 255 g/mol. The maximum Gasteiger partial charge on any atom is 0.339 e. The van der Waals surface area contributed by atoms with E-state index in [4.69, 9.17) is 4.74 Å². The molecule has 0 bridgehead atoms. The maximum absolute atomic E-state index is 11.8. The second-order valence-corrected chi connectivity index (χ2v) is 5.52. The van der Waals surface area contributed by atoms with Gasteiger partial charge >= 0.3 is 5.97 Å². The lowest BCUT2D eigenvalue weighted by molar-refractivity contribution is 0.0600. The molecule has 0 spiro atoms. The van der Waals surface area contributed by atoms with Gasteiger partial charge < -0.3 is 9.30 Å². The summed E-state index contributed by atoms with van der Waals surface area (Å²) in [7, 11) is 1.42. The van der Waals surface area contributed by atoms with Crippen LogP contribution in [0.5, 0.6) is 0 Å². The summed E-state index contributed by atoms with van der Waals surface area (Å²) < 4.78 is 6.98. The number of esters is 1. The molecule has 0 amide bonds. The highest BCUT2D eigenvalue weighted by molar-refractivity contribution is 5.92. The van der Waals surface area contributed by atoms with Crippen molar-refractivity contribution in [2.45, 2.75) is 26.2 Å². The van der Waals surface area contributed by atoms with E-state index in [9.17, 15) is 4.79 Å². The fourth-order valence-electron chi connectivity index (χ4n) is 3.21. The Labute approximate surface area is 112 Å². The number of aromatic nitrogens is 1. The van der Waals surface area contributed by atoms with E-state index >= 15 is 0 Å². The number of carbonyl (C=O) groups excluding carboxylic acids is 1. The molecule has 1 aromatic heterocycles. The van der Waals surface area contributed by atoms with Crippen molar-refractivity contribution in [3.8, 4) is 5.69 Å². The molecule has 0 aliphatic carbocycles. The van der Waals surface area contributed by atoms with E-state index in [-0.39, 0.29) is 11.4 Å². The zero-order chi connectivity index (χ0) is 13.8. The number of ether oxygens (including phenoxy) is 1. The first kappa shape index (κ1) is 12.0. The van der Waals surface area contributed by atoms with Gasteiger partial charge in [-0.25, -0.2) is 4.79 Å². The second kappa shape index (κ2) is 3.73. The first-order chi connectivity index (χ1) is 8.98. The van der Waals surface area contributed by atoms with Crippen LogP contribution in [0.1, 0.15) is 41.0 Å². The van der Waals surface area contributed by atoms with Gasteiger partial charge in [0.2, 0.25) is 0 Å². The van der Waals surface area contributed by atoms with E-state index in [1.165, 1.54) is 18.4 Å². The van der Waals surface area contributed by atoms with E-state index in [1.807, 2.05) is 19.2 Å². The predicted molar refractivity (Wildman–Crippen MR) is 74.0 cm³/mol. The summed E-state index contributed by atoms with van der Waals surface area (Å²) >= 11 is 0. The Hall–Kier alpha value is -2.03. The van der Waals surface area contributed by atoms with Crippen LogP contribution in [-0.2, 0) is 10.2 Å². The molecule has 1 aromatic carbocycles. The summed E-state index contributed by atoms with van der Waals surface area (Å²) in [5.74, 6) is -0.271. The first-order valence-electron chi connectivity index (χ1n) is 6.39. The smallest absolute Gasteiger partial charge is 0.339 e. The third kappa shape index (κ3) is 1.41. The number of nitrogens with zero attached hydrogens (tertiary/aromatic N) is 1. The summed E-state index contributed by atoms with van der Waals surface area (Å²) in [4.78, 5) is 11.8. The lowest BCUT2D eigenvalue weighted by Crippen LogP contribution is -2.17. The third-order valence-corrected chi connectivity index (χ3v) is 4.09. The van der Waals surface area contributed by atoms with E-state index in [0.29, 0.717) is 5.56 Å². The Morgan fingerprint density at radius 1 is 1.26 bits per heavy atom. The van der Waals surface area contributed by atoms with E-state index in [1.54, 1.807) is 0 Å². The normalized spacial score (nSPS) is 14.9. The van der Waals surface area contributed by atoms with Gasteiger partial charge in [-0.3, -0.25) is 0 Å². The molecule has 2 heterocycles. The minimum Gasteiger partial charge on any atom is -0.465 e. The minimum absolute atomic E-state index is 0.0903. The molecule has 98 valence electrons. The van der Waals surface area contributed by atoms with Gasteiger partial charge in [-0.2, -0.15) is 0 Å². The van der Waals surface area contributed by atoms with Crippen LogP contribution in [0.3, 0.4) is 0 Å². The number of rotatable bonds is 1. The van der Waals surface area contributed by atoms with Crippen molar-refractivity contribution in [1.29, 1.82) is 0 Å². The average molecular weight is 255 g/mol. The van der Waals surface area contributed by atoms with Crippen LogP contribution < -0.4 is 0 Å². The lowest BCUT2D eigenvalue weighted by atomic mass is 9.81. The molecule has 19 heavy (non-hydrogen) atoms. The lowest BCUT2D eigenvalue weighted by Gasteiger charge is -2.20. The summed E-state index contributed by atoms with van der Waals surface area (Å²) in [6.07, 6.45) is 1.89. The topological polar surface area (TPSA) is 31.2 Å². The van der Waals surface area contributed by atoms with Gasteiger partial charge in [0.25, 0.3) is 0 Å². The number of methoxy groups -OCH3 is 1. The summed E-state index contributed by atoms with van der Waals surface area (Å²) in [5.41, 5.74) is 5.19. The fourth-order valence-corrected chi connectivity index (χ4v) is 3.21. The van der Waals surface area contributed by atoms with Crippen LogP contribution in [0, 0.1) is 6.92 Å². The third-order valence-electron chi connectivity index (χ3n) is 4.09. The average Bonchev–Trinajstić information content (AvgIpc) is 2.85. The molecule has 2 aromatic rings. The van der Waals surface area contributed by atoms with E-state index in [2.05, 4.69) is 36.6 Å². The van der Waals surface area contributed by atoms with Crippen LogP contribution in [0.2, 0.25) is 0 Å². The number of fused-ring (bicyclic) bond motifs is 3. The molecule has 1 aliphatic rings. The molecule has 3 rings (SSSR count). The molecule has 0 radical (unpaired) electrons. The highest BCUT2D eigenvalue weighted by atomic mass is 16.5. The van der Waals surface area contributed by atoms with E-state index < -0.39 is 0 Å². The van der Waals surface area contributed by atoms with Crippen molar-refractivity contribution in [2.75, 3.05) is 7.11 Å². The van der Waals surface area contributed by atoms with Crippen LogP contribution in [0.15, 0.2) is 30.5 Å². The van der Waals surface area contributed by atoms with Gasteiger partial charge in [0.1, 0.15) is 0 Å². The van der Waals surface area contributed by atoms with Gasteiger partial charge in [-0.1, -0.05) is 32.0 Å². The zero-order valence-electron chi connectivity index (χ0n) is 11.7. The van der Waals surface area contributed by atoms with Gasteiger partial charge in [-0.15, -0.1) is 0 Å². The van der Waals surface area contributed by atoms with Crippen molar-refractivity contribution in [2.24, 2.45) is 0 Å². The highest BCUT2D eigenvalue weighted by Gasteiger charge is 2.39. The van der Waals surface area contributed by atoms with Crippen LogP contribution in [0.25, 0.3) is 5.69 Å². The molecule has 3 heteroatoms. The first-order valence-corrected chi connectivity index (χ1v) is 6.39. The van der Waals surface area contributed by atoms with Crippen LogP contribution in [0.4, 0.5) is 0 Å². The highest BCUT2D eigenvalue weighted by Crippen LogP contribution is 2.45. The summed E-state index contributed by atoms with van der Waals surface area (Å²) in [6.45, 7) is 6.38. The van der Waals surface area contributed by atoms with Gasteiger partial charge in [0, 0.05) is 23.0 Å². The van der Waals surface area contributed by atoms with Gasteiger partial charge in [0.05, 0.1) is 12.7 Å². The van der Waals surface area contributed by atoms with Crippen LogP contribution in [-0.4, -0.2) is 17.6 Å². The standard InChI is InChI=1S/C16H17NO2/c1-10-11(15(18)19-4)9-17-13-8-6-5-7-12(13)16(2,3)14(10)17/h5-9H,1-4H3. The predicted octanol–water partition coefficient (Wildman–Crippen LogP) is 3.21. The molecular formula is C16H17NO2. The molecule has 0 saturated carbocycles. The molecule has 1 aliphatic heterocycles. The SMILES string of the molecule is COC(=O)c1cn2c(c1C)C(C)(C)c1ccccc1-2. The van der Waals surface area contributed by atoms with Gasteiger partial charge in [0.15, 0.2) is 0 Å². The summed E-state index contributed by atoms with van der Waals surface area (Å²) in [5, 5.41) is 0. The Kier molecular flexibility index (Phi) is 2.36. The Morgan fingerprint density at radius 2 is 1.95 bits per heavy atom. The second-order valence-electron chi connectivity index (χ2n) is 5.52. The minimum atomic E-state index is -0.271. The van der Waals surface area contributed by atoms with Crippen molar-refractivity contribution >= 4 is 5.97 Å². The molecule has 0 fully saturated rings. The zero-order valence-corrected chi connectivity index (χ0v) is 11.7. The van der Waals surface area contributed by atoms with E-state index in [0.717, 1.165) is 11.3 Å². The summed E-state index contributed by atoms with van der Waals surface area (Å²) in [6, 6.07) is 8.33. The molecule has 0 saturated heterocycles. The Bertz CT molecular complexity index is 680. The molecule has 3 nitrogen and oxygen atoms in total. The Morgan fingerprint density at radius 3 is 2.63 bits per heavy atom. The maximum atomic E-state index is 11.8. The number of para-hydroxylation sites is 1. The van der Waals surface area contributed by atoms with Crippen molar-refractivity contribution in [3.63, 3.8) is 0 Å². The molecular weight excluding hydrogens is 238 g/mol. The van der Waals surface area contributed by atoms with Crippen molar-refractivity contribution in [3.05, 3.63) is 52.8 Å². The number of hydrogen-bond donors (Lipinski definition) is 0. The number of carbonyl (C=O) groups is 1. The molecule has 0 atom stereocenters. The number of benzene rings is 1. The molecule has 0 unspecified atom stereocenters. The number of hydrogen-bond acceptors (Lipinski definition) is 2. The fraction of sp³-hybridized carbons (Fsp3) is 0.312. The van der Waals surface area contributed by atoms with Crippen molar-refractivity contribution < 1.29 is 9.53 Å². The molecule has 0 N–H and O–H groups in total.